The molecule has 2 heteroatoms. The van der Waals surface area contributed by atoms with Crippen LogP contribution in [-0.4, -0.2) is 7.11 Å². The van der Waals surface area contributed by atoms with Gasteiger partial charge in [-0.15, -0.1) is 0 Å². The lowest BCUT2D eigenvalue weighted by atomic mass is 10.0. The standard InChI is InChI=1S/C18H14O2/c1-19-17-13-12-16(14-8-4-2-5-9-14)18(20-17)15-10-6-3-7-11-15/h2-11,13H,1H3/q+1. The van der Waals surface area contributed by atoms with Crippen LogP contribution < -0.4 is 4.74 Å². The third-order valence-electron chi connectivity index (χ3n) is 3.06. The summed E-state index contributed by atoms with van der Waals surface area (Å²) in [5, 5.41) is 0. The van der Waals surface area contributed by atoms with E-state index >= 15 is 0 Å². The van der Waals surface area contributed by atoms with Crippen molar-refractivity contribution >= 4 is 0 Å². The molecule has 0 N–H and O–H groups in total. The molecule has 0 saturated heterocycles. The van der Waals surface area contributed by atoms with Crippen molar-refractivity contribution in [2.24, 2.45) is 0 Å². The van der Waals surface area contributed by atoms with Crippen LogP contribution >= 0.6 is 0 Å². The van der Waals surface area contributed by atoms with Crippen LogP contribution in [0.1, 0.15) is 0 Å². The Hall–Kier alpha value is -2.61. The Morgan fingerprint density at radius 3 is 2.05 bits per heavy atom. The molecule has 97 valence electrons. The van der Waals surface area contributed by atoms with Gasteiger partial charge in [0.1, 0.15) is 0 Å². The van der Waals surface area contributed by atoms with Crippen LogP contribution in [0.15, 0.2) is 71.1 Å². The first-order valence-electron chi connectivity index (χ1n) is 6.42. The molecule has 3 rings (SSSR count). The Kier molecular flexibility index (Phi) is 3.46. The summed E-state index contributed by atoms with van der Waals surface area (Å²) < 4.78 is 11.0. The Labute approximate surface area is 118 Å². The maximum Gasteiger partial charge on any atom is 0.518 e. The van der Waals surface area contributed by atoms with E-state index < -0.39 is 0 Å². The highest BCUT2D eigenvalue weighted by atomic mass is 16.6. The summed E-state index contributed by atoms with van der Waals surface area (Å²) >= 11 is 0. The monoisotopic (exact) mass is 262 g/mol. The van der Waals surface area contributed by atoms with E-state index in [0.29, 0.717) is 5.95 Å². The maximum absolute atomic E-state index is 5.84. The highest BCUT2D eigenvalue weighted by molar-refractivity contribution is 5.79. The predicted octanol–water partition coefficient (Wildman–Crippen LogP) is 4.70. The third-order valence-corrected chi connectivity index (χ3v) is 3.06. The molecular formula is C18H14O2+. The fraction of sp³-hybridized carbons (Fsp3) is 0.0556. The number of benzene rings is 2. The van der Waals surface area contributed by atoms with Gasteiger partial charge in [-0.1, -0.05) is 48.5 Å². The van der Waals surface area contributed by atoms with Crippen LogP contribution in [0.4, 0.5) is 0 Å². The van der Waals surface area contributed by atoms with Gasteiger partial charge in [-0.25, -0.2) is 0 Å². The molecule has 0 unspecified atom stereocenters. The van der Waals surface area contributed by atoms with Crippen molar-refractivity contribution in [3.8, 4) is 28.4 Å². The van der Waals surface area contributed by atoms with E-state index in [2.05, 4.69) is 6.07 Å². The molecule has 0 bridgehead atoms. The lowest BCUT2D eigenvalue weighted by Crippen LogP contribution is -1.89. The largest absolute Gasteiger partial charge is 0.518 e. The molecule has 0 amide bonds. The fourth-order valence-electron chi connectivity index (χ4n) is 2.09. The Morgan fingerprint density at radius 1 is 0.850 bits per heavy atom. The molecule has 0 spiro atoms. The summed E-state index contributed by atoms with van der Waals surface area (Å²) in [7, 11) is 1.59. The molecule has 0 aliphatic heterocycles. The van der Waals surface area contributed by atoms with E-state index in [-0.39, 0.29) is 0 Å². The summed E-state index contributed by atoms with van der Waals surface area (Å²) in [6.07, 6.45) is 0. The summed E-state index contributed by atoms with van der Waals surface area (Å²) in [4.78, 5) is 0. The number of ether oxygens (including phenoxy) is 1. The van der Waals surface area contributed by atoms with Crippen molar-refractivity contribution in [1.29, 1.82) is 0 Å². The van der Waals surface area contributed by atoms with E-state index in [1.54, 1.807) is 13.2 Å². The lowest BCUT2D eigenvalue weighted by molar-refractivity contribution is 0.302. The molecule has 0 aliphatic rings. The lowest BCUT2D eigenvalue weighted by Gasteiger charge is -2.04. The molecule has 0 fully saturated rings. The van der Waals surface area contributed by atoms with Gasteiger partial charge in [0.15, 0.2) is 7.11 Å². The molecule has 2 aromatic carbocycles. The second kappa shape index (κ2) is 5.57. The highest BCUT2D eigenvalue weighted by Crippen LogP contribution is 2.34. The predicted molar refractivity (Wildman–Crippen MR) is 79.4 cm³/mol. The van der Waals surface area contributed by atoms with Crippen molar-refractivity contribution in [1.82, 2.24) is 0 Å². The molecule has 0 atom stereocenters. The van der Waals surface area contributed by atoms with Gasteiger partial charge in [-0.2, -0.15) is 0 Å². The molecule has 1 heterocycles. The molecule has 3 aromatic rings. The number of methoxy groups -OCH3 is 1. The molecule has 0 aliphatic carbocycles. The number of rotatable bonds is 3. The first kappa shape index (κ1) is 12.4. The normalized spacial score (nSPS) is 10.2. The van der Waals surface area contributed by atoms with Gasteiger partial charge in [-0.3, -0.25) is 4.42 Å². The van der Waals surface area contributed by atoms with E-state index in [9.17, 15) is 0 Å². The van der Waals surface area contributed by atoms with Crippen molar-refractivity contribution in [3.05, 3.63) is 72.8 Å². The summed E-state index contributed by atoms with van der Waals surface area (Å²) in [5.74, 6) is 1.21. The molecule has 1 radical (unpaired) electrons. The van der Waals surface area contributed by atoms with E-state index in [0.717, 1.165) is 22.5 Å². The molecule has 0 saturated carbocycles. The van der Waals surface area contributed by atoms with Gasteiger partial charge in [0.05, 0.1) is 11.6 Å². The molecule has 20 heavy (non-hydrogen) atoms. The minimum atomic E-state index is 0.448. The molecule has 1 aromatic heterocycles. The van der Waals surface area contributed by atoms with Crippen LogP contribution in [-0.2, 0) is 0 Å². The van der Waals surface area contributed by atoms with Gasteiger partial charge >= 0.3 is 5.95 Å². The van der Waals surface area contributed by atoms with Crippen molar-refractivity contribution < 1.29 is 9.15 Å². The van der Waals surface area contributed by atoms with Crippen molar-refractivity contribution in [2.45, 2.75) is 0 Å². The first-order chi connectivity index (χ1) is 9.88. The SMILES string of the molecule is COc1c[c]c(-c2ccccc2)c(-c2ccccc2)[o+]1. The van der Waals surface area contributed by atoms with E-state index in [1.165, 1.54) is 0 Å². The first-order valence-corrected chi connectivity index (χ1v) is 6.42. The van der Waals surface area contributed by atoms with Crippen LogP contribution in [0.2, 0.25) is 0 Å². The Morgan fingerprint density at radius 2 is 1.45 bits per heavy atom. The topological polar surface area (TPSA) is 20.5 Å². The van der Waals surface area contributed by atoms with Gasteiger partial charge in [-0.05, 0) is 17.7 Å². The minimum Gasteiger partial charge on any atom is -0.321 e. The van der Waals surface area contributed by atoms with E-state index in [1.807, 2.05) is 60.7 Å². The fourth-order valence-corrected chi connectivity index (χ4v) is 2.09. The van der Waals surface area contributed by atoms with Crippen LogP contribution in [0.3, 0.4) is 0 Å². The maximum atomic E-state index is 5.84. The van der Waals surface area contributed by atoms with Gasteiger partial charge in [0.25, 0.3) is 5.76 Å². The second-order valence-electron chi connectivity index (χ2n) is 4.35. The van der Waals surface area contributed by atoms with Gasteiger partial charge in [0.2, 0.25) is 0 Å². The van der Waals surface area contributed by atoms with E-state index in [4.69, 9.17) is 9.15 Å². The summed E-state index contributed by atoms with van der Waals surface area (Å²) in [5.41, 5.74) is 3.00. The summed E-state index contributed by atoms with van der Waals surface area (Å²) in [6.45, 7) is 0. The highest BCUT2D eigenvalue weighted by Gasteiger charge is 2.19. The van der Waals surface area contributed by atoms with Gasteiger partial charge < -0.3 is 4.74 Å². The minimum absolute atomic E-state index is 0.448. The van der Waals surface area contributed by atoms with Crippen LogP contribution in [0.5, 0.6) is 5.95 Å². The quantitative estimate of drug-likeness (QED) is 0.637. The molecular weight excluding hydrogens is 248 g/mol. The van der Waals surface area contributed by atoms with Gasteiger partial charge in [0, 0.05) is 11.6 Å². The average molecular weight is 262 g/mol. The number of hydrogen-bond acceptors (Lipinski definition) is 1. The molecule has 2 nitrogen and oxygen atoms in total. The summed E-state index contributed by atoms with van der Waals surface area (Å²) in [6, 6.07) is 25.0. The zero-order valence-electron chi connectivity index (χ0n) is 11.2. The Bertz CT molecular complexity index is 691. The second-order valence-corrected chi connectivity index (χ2v) is 4.35. The van der Waals surface area contributed by atoms with Crippen LogP contribution in [0.25, 0.3) is 22.5 Å². The zero-order chi connectivity index (χ0) is 13.8. The van der Waals surface area contributed by atoms with Crippen molar-refractivity contribution in [3.63, 3.8) is 0 Å². The zero-order valence-corrected chi connectivity index (χ0v) is 11.2. The average Bonchev–Trinajstić information content (AvgIpc) is 2.56. The van der Waals surface area contributed by atoms with Crippen LogP contribution in [0, 0.1) is 6.07 Å². The van der Waals surface area contributed by atoms with Crippen molar-refractivity contribution in [2.75, 3.05) is 7.11 Å². The number of hydrogen-bond donors (Lipinski definition) is 0. The third kappa shape index (κ3) is 2.41. The Balaban J connectivity index is 2.20. The smallest absolute Gasteiger partial charge is 0.321 e.